The van der Waals surface area contributed by atoms with E-state index in [1.807, 2.05) is 6.92 Å². The van der Waals surface area contributed by atoms with Gasteiger partial charge in [-0.25, -0.2) is 13.4 Å². The van der Waals surface area contributed by atoms with E-state index in [2.05, 4.69) is 10.3 Å². The van der Waals surface area contributed by atoms with Gasteiger partial charge in [0.15, 0.2) is 0 Å². The largest absolute Gasteiger partial charge is 0.508 e. The van der Waals surface area contributed by atoms with Gasteiger partial charge in [0.2, 0.25) is 5.91 Å². The number of hydrogen-bond acceptors (Lipinski definition) is 6. The number of anilines is 2. The van der Waals surface area contributed by atoms with Gasteiger partial charge in [-0.1, -0.05) is 0 Å². The standard InChI is InChI=1S/C22H25N3O5S/c1-21(2)16-12-14(19(27)24-22(3)7-10-31(29,30)11-8-22)4-5-17(16)25(20(21)28)18-13-15(26)6-9-23-18/h4-6,9,12-13H,7-8,10-11H2,1-3H3,(H,23,26)(H,24,27). The van der Waals surface area contributed by atoms with Gasteiger partial charge in [0.1, 0.15) is 21.4 Å². The van der Waals surface area contributed by atoms with Crippen molar-refractivity contribution in [1.82, 2.24) is 10.3 Å². The molecule has 0 saturated carbocycles. The molecule has 0 bridgehead atoms. The summed E-state index contributed by atoms with van der Waals surface area (Å²) >= 11 is 0. The lowest BCUT2D eigenvalue weighted by Crippen LogP contribution is -2.50. The number of carbonyl (C=O) groups excluding carboxylic acids is 2. The Morgan fingerprint density at radius 2 is 1.81 bits per heavy atom. The zero-order valence-electron chi connectivity index (χ0n) is 17.7. The van der Waals surface area contributed by atoms with Crippen molar-refractivity contribution in [1.29, 1.82) is 0 Å². The zero-order valence-corrected chi connectivity index (χ0v) is 18.5. The quantitative estimate of drug-likeness (QED) is 0.753. The number of aromatic hydroxyl groups is 1. The first-order chi connectivity index (χ1) is 14.4. The maximum atomic E-state index is 13.2. The molecule has 164 valence electrons. The summed E-state index contributed by atoms with van der Waals surface area (Å²) in [5, 5.41) is 12.8. The summed E-state index contributed by atoms with van der Waals surface area (Å²) in [5.41, 5.74) is 0.220. The Morgan fingerprint density at radius 3 is 2.45 bits per heavy atom. The van der Waals surface area contributed by atoms with Gasteiger partial charge in [0.05, 0.1) is 22.6 Å². The second-order valence-electron chi connectivity index (χ2n) is 9.04. The molecule has 0 unspecified atom stereocenters. The van der Waals surface area contributed by atoms with E-state index in [9.17, 15) is 23.1 Å². The highest BCUT2D eigenvalue weighted by Gasteiger charge is 2.45. The Balaban J connectivity index is 1.64. The van der Waals surface area contributed by atoms with Crippen LogP contribution < -0.4 is 10.2 Å². The van der Waals surface area contributed by atoms with Crippen molar-refractivity contribution >= 4 is 33.2 Å². The van der Waals surface area contributed by atoms with Crippen LogP contribution in [0.5, 0.6) is 5.75 Å². The molecule has 2 aliphatic heterocycles. The van der Waals surface area contributed by atoms with Gasteiger partial charge in [-0.3, -0.25) is 14.5 Å². The molecule has 2 amide bonds. The van der Waals surface area contributed by atoms with Gasteiger partial charge < -0.3 is 10.4 Å². The molecule has 2 N–H and O–H groups in total. The van der Waals surface area contributed by atoms with E-state index < -0.39 is 20.8 Å². The lowest BCUT2D eigenvalue weighted by Gasteiger charge is -2.34. The SMILES string of the molecule is CC1(NC(=O)c2ccc3c(c2)C(C)(C)C(=O)N3c2cc(O)ccn2)CCS(=O)(=O)CC1. The first kappa shape index (κ1) is 21.3. The van der Waals surface area contributed by atoms with Crippen molar-refractivity contribution in [2.24, 2.45) is 0 Å². The van der Waals surface area contributed by atoms with Crippen LogP contribution in [0.4, 0.5) is 11.5 Å². The van der Waals surface area contributed by atoms with Gasteiger partial charge in [0, 0.05) is 23.4 Å². The Hall–Kier alpha value is -2.94. The molecule has 1 aromatic heterocycles. The first-order valence-electron chi connectivity index (χ1n) is 10.1. The van der Waals surface area contributed by atoms with E-state index in [-0.39, 0.29) is 29.1 Å². The summed E-state index contributed by atoms with van der Waals surface area (Å²) < 4.78 is 23.4. The van der Waals surface area contributed by atoms with Crippen molar-refractivity contribution in [2.45, 2.75) is 44.6 Å². The molecule has 2 aliphatic rings. The van der Waals surface area contributed by atoms with Crippen molar-refractivity contribution in [2.75, 3.05) is 16.4 Å². The van der Waals surface area contributed by atoms with E-state index in [0.717, 1.165) is 0 Å². The molecule has 2 aromatic rings. The fourth-order valence-corrected chi connectivity index (χ4v) is 5.82. The van der Waals surface area contributed by atoms with Gasteiger partial charge in [-0.2, -0.15) is 0 Å². The Bertz CT molecular complexity index is 1180. The van der Waals surface area contributed by atoms with Crippen molar-refractivity contribution < 1.29 is 23.1 Å². The summed E-state index contributed by atoms with van der Waals surface area (Å²) in [7, 11) is -3.04. The maximum Gasteiger partial charge on any atom is 0.251 e. The third kappa shape index (κ3) is 3.78. The van der Waals surface area contributed by atoms with Crippen LogP contribution in [-0.4, -0.2) is 47.4 Å². The number of rotatable bonds is 3. The molecule has 3 heterocycles. The van der Waals surface area contributed by atoms with E-state index in [4.69, 9.17) is 0 Å². The average Bonchev–Trinajstić information content (AvgIpc) is 2.90. The molecule has 1 saturated heterocycles. The number of sulfone groups is 1. The van der Waals surface area contributed by atoms with Crippen LogP contribution in [-0.2, 0) is 20.0 Å². The number of aromatic nitrogens is 1. The molecule has 0 atom stereocenters. The molecule has 1 aromatic carbocycles. The number of carbonyl (C=O) groups is 2. The van der Waals surface area contributed by atoms with Crippen LogP contribution in [0.2, 0.25) is 0 Å². The zero-order chi connectivity index (χ0) is 22.6. The topological polar surface area (TPSA) is 117 Å². The summed E-state index contributed by atoms with van der Waals surface area (Å²) in [6, 6.07) is 7.90. The Kier molecular flexibility index (Phi) is 4.84. The van der Waals surface area contributed by atoms with Gasteiger partial charge in [-0.15, -0.1) is 0 Å². The van der Waals surface area contributed by atoms with Gasteiger partial charge >= 0.3 is 0 Å². The minimum atomic E-state index is -3.04. The second-order valence-corrected chi connectivity index (χ2v) is 11.3. The molecule has 8 nitrogen and oxygen atoms in total. The van der Waals surface area contributed by atoms with Crippen LogP contribution in [0.15, 0.2) is 36.5 Å². The molecule has 0 aliphatic carbocycles. The maximum absolute atomic E-state index is 13.2. The fourth-order valence-electron chi connectivity index (χ4n) is 4.09. The number of fused-ring (bicyclic) bond motifs is 1. The predicted octanol–water partition coefficient (Wildman–Crippen LogP) is 2.44. The lowest BCUT2D eigenvalue weighted by molar-refractivity contribution is -0.121. The van der Waals surface area contributed by atoms with Crippen LogP contribution >= 0.6 is 0 Å². The van der Waals surface area contributed by atoms with E-state index in [0.29, 0.717) is 35.5 Å². The molecule has 0 radical (unpaired) electrons. The van der Waals surface area contributed by atoms with E-state index in [1.165, 1.54) is 23.2 Å². The van der Waals surface area contributed by atoms with Gasteiger partial charge in [0.25, 0.3) is 5.91 Å². The minimum Gasteiger partial charge on any atom is -0.508 e. The Labute approximate surface area is 181 Å². The molecular formula is C22H25N3O5S. The summed E-state index contributed by atoms with van der Waals surface area (Å²) in [6.45, 7) is 5.42. The number of hydrogen-bond donors (Lipinski definition) is 2. The second kappa shape index (κ2) is 7.05. The lowest BCUT2D eigenvalue weighted by atomic mass is 9.85. The van der Waals surface area contributed by atoms with Crippen LogP contribution in [0.25, 0.3) is 0 Å². The number of nitrogens with one attached hydrogen (secondary N) is 1. The highest BCUT2D eigenvalue weighted by atomic mass is 32.2. The third-order valence-corrected chi connectivity index (χ3v) is 7.87. The van der Waals surface area contributed by atoms with Crippen LogP contribution in [0, 0.1) is 0 Å². The van der Waals surface area contributed by atoms with Crippen molar-refractivity contribution in [3.8, 4) is 5.75 Å². The minimum absolute atomic E-state index is 0.00259. The predicted molar refractivity (Wildman–Crippen MR) is 116 cm³/mol. The summed E-state index contributed by atoms with van der Waals surface area (Å²) in [4.78, 5) is 31.8. The molecular weight excluding hydrogens is 418 g/mol. The highest BCUT2D eigenvalue weighted by Crippen LogP contribution is 2.45. The van der Waals surface area contributed by atoms with Gasteiger partial charge in [-0.05, 0) is 63.4 Å². The normalized spacial score (nSPS) is 20.9. The monoisotopic (exact) mass is 443 g/mol. The average molecular weight is 444 g/mol. The van der Waals surface area contributed by atoms with E-state index >= 15 is 0 Å². The molecule has 9 heteroatoms. The van der Waals surface area contributed by atoms with Crippen molar-refractivity contribution in [3.05, 3.63) is 47.7 Å². The first-order valence-corrected chi connectivity index (χ1v) is 11.9. The fraction of sp³-hybridized carbons (Fsp3) is 0.409. The smallest absolute Gasteiger partial charge is 0.251 e. The number of pyridine rings is 1. The summed E-state index contributed by atoms with van der Waals surface area (Å²) in [6.07, 6.45) is 2.16. The molecule has 4 rings (SSSR count). The Morgan fingerprint density at radius 1 is 1.13 bits per heavy atom. The van der Waals surface area contributed by atoms with Crippen LogP contribution in [0.3, 0.4) is 0 Å². The van der Waals surface area contributed by atoms with Crippen molar-refractivity contribution in [3.63, 3.8) is 0 Å². The molecule has 0 spiro atoms. The molecule has 31 heavy (non-hydrogen) atoms. The van der Waals surface area contributed by atoms with E-state index in [1.54, 1.807) is 32.0 Å². The number of amides is 2. The number of nitrogens with zero attached hydrogens (tertiary/aromatic N) is 2. The van der Waals surface area contributed by atoms with Crippen LogP contribution in [0.1, 0.15) is 49.5 Å². The summed E-state index contributed by atoms with van der Waals surface area (Å²) in [5.74, 6) is -0.0832. The number of benzene rings is 1. The third-order valence-electron chi connectivity index (χ3n) is 6.21. The molecule has 1 fully saturated rings. The highest BCUT2D eigenvalue weighted by molar-refractivity contribution is 7.91.